The van der Waals surface area contributed by atoms with Crippen LogP contribution in [0.25, 0.3) is 0 Å². The number of halogens is 2. The van der Waals surface area contributed by atoms with Gasteiger partial charge < -0.3 is 14.8 Å². The Morgan fingerprint density at radius 3 is 2.64 bits per heavy atom. The third kappa shape index (κ3) is 4.62. The Hall–Kier alpha value is -1.76. The van der Waals surface area contributed by atoms with Crippen molar-refractivity contribution in [3.8, 4) is 5.75 Å². The summed E-state index contributed by atoms with van der Waals surface area (Å²) in [7, 11) is 1.35. The molecule has 0 fully saturated rings. The van der Waals surface area contributed by atoms with Crippen molar-refractivity contribution < 1.29 is 19.1 Å². The van der Waals surface area contributed by atoms with Crippen molar-refractivity contribution in [2.24, 2.45) is 0 Å². The zero-order valence-corrected chi connectivity index (χ0v) is 18.0. The Balaban J connectivity index is 1.80. The van der Waals surface area contributed by atoms with Gasteiger partial charge in [-0.25, -0.2) is 4.79 Å². The summed E-state index contributed by atoms with van der Waals surface area (Å²) in [6.07, 6.45) is 4.15. The van der Waals surface area contributed by atoms with Crippen LogP contribution in [0.1, 0.15) is 47.0 Å². The van der Waals surface area contributed by atoms with E-state index in [4.69, 9.17) is 32.7 Å². The summed E-state index contributed by atoms with van der Waals surface area (Å²) in [4.78, 5) is 26.2. The first-order valence-corrected chi connectivity index (χ1v) is 10.6. The molecule has 1 aliphatic carbocycles. The van der Waals surface area contributed by atoms with Crippen molar-refractivity contribution in [3.05, 3.63) is 44.2 Å². The number of aryl methyl sites for hydroxylation is 1. The molecule has 1 aromatic carbocycles. The van der Waals surface area contributed by atoms with E-state index in [0.29, 0.717) is 26.4 Å². The largest absolute Gasteiger partial charge is 0.479 e. The van der Waals surface area contributed by atoms with Crippen LogP contribution in [0, 0.1) is 0 Å². The maximum Gasteiger partial charge on any atom is 0.341 e. The third-order valence-corrected chi connectivity index (χ3v) is 6.35. The summed E-state index contributed by atoms with van der Waals surface area (Å²) < 4.78 is 10.6. The smallest absolute Gasteiger partial charge is 0.341 e. The van der Waals surface area contributed by atoms with E-state index in [1.807, 2.05) is 0 Å². The molecular formula is C20H21Cl2NO4S. The SMILES string of the molecule is COC(=O)c1c(NC(=O)[C@H](C)Oc2ccc(Cl)cc2Cl)sc2c1CCCCC2. The number of esters is 1. The van der Waals surface area contributed by atoms with Gasteiger partial charge in [0, 0.05) is 9.90 Å². The summed E-state index contributed by atoms with van der Waals surface area (Å²) in [5.74, 6) is -0.430. The fourth-order valence-corrected chi connectivity index (χ4v) is 4.91. The van der Waals surface area contributed by atoms with Crippen LogP contribution in [0.4, 0.5) is 5.00 Å². The molecule has 1 amide bonds. The number of rotatable bonds is 5. The second-order valence-corrected chi connectivity index (χ2v) is 8.53. The Morgan fingerprint density at radius 2 is 1.93 bits per heavy atom. The number of nitrogens with one attached hydrogen (secondary N) is 1. The maximum absolute atomic E-state index is 12.7. The van der Waals surface area contributed by atoms with Gasteiger partial charge in [-0.05, 0) is 56.4 Å². The van der Waals surface area contributed by atoms with Crippen LogP contribution in [-0.4, -0.2) is 25.1 Å². The van der Waals surface area contributed by atoms with E-state index in [2.05, 4.69) is 5.32 Å². The van der Waals surface area contributed by atoms with Crippen LogP contribution in [0.3, 0.4) is 0 Å². The molecule has 8 heteroatoms. The molecule has 1 heterocycles. The van der Waals surface area contributed by atoms with Gasteiger partial charge in [0.25, 0.3) is 5.91 Å². The van der Waals surface area contributed by atoms with E-state index in [1.165, 1.54) is 18.4 Å². The number of carbonyl (C=O) groups excluding carboxylic acids is 2. The lowest BCUT2D eigenvalue weighted by molar-refractivity contribution is -0.122. The normalized spacial score (nSPS) is 14.6. The molecule has 28 heavy (non-hydrogen) atoms. The number of benzene rings is 1. The van der Waals surface area contributed by atoms with Gasteiger partial charge in [-0.2, -0.15) is 0 Å². The molecule has 150 valence electrons. The Morgan fingerprint density at radius 1 is 1.18 bits per heavy atom. The van der Waals surface area contributed by atoms with Crippen LogP contribution in [-0.2, 0) is 22.4 Å². The van der Waals surface area contributed by atoms with Crippen molar-refractivity contribution in [2.75, 3.05) is 12.4 Å². The van der Waals surface area contributed by atoms with Crippen LogP contribution in [0.2, 0.25) is 10.0 Å². The summed E-state index contributed by atoms with van der Waals surface area (Å²) in [5.41, 5.74) is 1.47. The zero-order valence-electron chi connectivity index (χ0n) is 15.6. The molecule has 5 nitrogen and oxygen atoms in total. The number of anilines is 1. The number of hydrogen-bond donors (Lipinski definition) is 1. The van der Waals surface area contributed by atoms with Crippen molar-refractivity contribution in [3.63, 3.8) is 0 Å². The quantitative estimate of drug-likeness (QED) is 0.490. The van der Waals surface area contributed by atoms with Gasteiger partial charge in [0.15, 0.2) is 6.10 Å². The fourth-order valence-electron chi connectivity index (χ4n) is 3.18. The average molecular weight is 442 g/mol. The highest BCUT2D eigenvalue weighted by molar-refractivity contribution is 7.17. The van der Waals surface area contributed by atoms with E-state index in [-0.39, 0.29) is 5.91 Å². The number of ether oxygens (including phenoxy) is 2. The van der Waals surface area contributed by atoms with Crippen LogP contribution in [0.5, 0.6) is 5.75 Å². The third-order valence-electron chi connectivity index (χ3n) is 4.61. The lowest BCUT2D eigenvalue weighted by atomic mass is 10.1. The minimum Gasteiger partial charge on any atom is -0.479 e. The van der Waals surface area contributed by atoms with Gasteiger partial charge in [0.1, 0.15) is 10.8 Å². The highest BCUT2D eigenvalue weighted by atomic mass is 35.5. The van der Waals surface area contributed by atoms with Gasteiger partial charge in [0.2, 0.25) is 0 Å². The molecule has 1 aliphatic rings. The van der Waals surface area contributed by atoms with Crippen LogP contribution >= 0.6 is 34.5 Å². The van der Waals surface area contributed by atoms with Gasteiger partial charge >= 0.3 is 5.97 Å². The Bertz CT molecular complexity index is 897. The Kier molecular flexibility index (Phi) is 6.86. The maximum atomic E-state index is 12.7. The molecular weight excluding hydrogens is 421 g/mol. The lowest BCUT2D eigenvalue weighted by Crippen LogP contribution is -2.30. The molecule has 0 saturated carbocycles. The topological polar surface area (TPSA) is 64.6 Å². The zero-order chi connectivity index (χ0) is 20.3. The second kappa shape index (κ2) is 9.16. The average Bonchev–Trinajstić information content (AvgIpc) is 2.83. The molecule has 0 aliphatic heterocycles. The predicted molar refractivity (Wildman–Crippen MR) is 112 cm³/mol. The van der Waals surface area contributed by atoms with Crippen LogP contribution < -0.4 is 10.1 Å². The highest BCUT2D eigenvalue weighted by Gasteiger charge is 2.27. The number of thiophene rings is 1. The fraction of sp³-hybridized carbons (Fsp3) is 0.400. The predicted octanol–water partition coefficient (Wildman–Crippen LogP) is 5.52. The molecule has 0 radical (unpaired) electrons. The van der Waals surface area contributed by atoms with E-state index in [1.54, 1.807) is 25.1 Å². The van der Waals surface area contributed by atoms with Crippen molar-refractivity contribution in [2.45, 2.75) is 45.1 Å². The first-order valence-electron chi connectivity index (χ1n) is 9.06. The van der Waals surface area contributed by atoms with Crippen molar-refractivity contribution in [1.82, 2.24) is 0 Å². The van der Waals surface area contributed by atoms with Gasteiger partial charge in [-0.1, -0.05) is 29.6 Å². The van der Waals surface area contributed by atoms with Crippen molar-refractivity contribution >= 4 is 51.4 Å². The first kappa shape index (κ1) is 21.0. The molecule has 0 unspecified atom stereocenters. The van der Waals surface area contributed by atoms with E-state index >= 15 is 0 Å². The number of methoxy groups -OCH3 is 1. The number of amides is 1. The summed E-state index contributed by atoms with van der Waals surface area (Å²) >= 11 is 13.4. The molecule has 0 bridgehead atoms. The molecule has 1 aromatic heterocycles. The van der Waals surface area contributed by atoms with Gasteiger partial charge in [0.05, 0.1) is 17.7 Å². The van der Waals surface area contributed by atoms with Crippen molar-refractivity contribution in [1.29, 1.82) is 0 Å². The van der Waals surface area contributed by atoms with E-state index in [0.717, 1.165) is 42.5 Å². The van der Waals surface area contributed by atoms with Gasteiger partial charge in [-0.3, -0.25) is 4.79 Å². The van der Waals surface area contributed by atoms with E-state index in [9.17, 15) is 9.59 Å². The van der Waals surface area contributed by atoms with Gasteiger partial charge in [-0.15, -0.1) is 11.3 Å². The second-order valence-electron chi connectivity index (χ2n) is 6.58. The molecule has 0 saturated heterocycles. The number of fused-ring (bicyclic) bond motifs is 1. The first-order chi connectivity index (χ1) is 13.4. The minimum absolute atomic E-state index is 0.324. The van der Waals surface area contributed by atoms with E-state index < -0.39 is 12.1 Å². The summed E-state index contributed by atoms with van der Waals surface area (Å²) in [5, 5.41) is 4.16. The molecule has 2 aromatic rings. The monoisotopic (exact) mass is 441 g/mol. The molecule has 1 N–H and O–H groups in total. The molecule has 3 rings (SSSR count). The summed E-state index contributed by atoms with van der Waals surface area (Å²) in [6, 6.07) is 4.80. The highest BCUT2D eigenvalue weighted by Crippen LogP contribution is 2.38. The standard InChI is InChI=1S/C20H21Cl2NO4S/c1-11(27-15-9-8-12(21)10-14(15)22)18(24)23-19-17(20(25)26-2)13-6-4-3-5-7-16(13)28-19/h8-11H,3-7H2,1-2H3,(H,23,24)/t11-/m0/s1. The summed E-state index contributed by atoms with van der Waals surface area (Å²) in [6.45, 7) is 1.62. The molecule has 0 spiro atoms. The van der Waals surface area contributed by atoms with Crippen LogP contribution in [0.15, 0.2) is 18.2 Å². The Labute approximate surface area is 177 Å². The number of hydrogen-bond acceptors (Lipinski definition) is 5. The lowest BCUT2D eigenvalue weighted by Gasteiger charge is -2.16. The minimum atomic E-state index is -0.814. The number of carbonyl (C=O) groups is 2. The molecule has 1 atom stereocenters.